The molecule has 0 radical (unpaired) electrons. The Labute approximate surface area is 168 Å². The fraction of sp³-hybridized carbons (Fsp3) is 0.261. The summed E-state index contributed by atoms with van der Waals surface area (Å²) in [7, 11) is 0. The van der Waals surface area contributed by atoms with Crippen molar-refractivity contribution < 1.29 is 9.59 Å². The molecule has 0 aliphatic heterocycles. The van der Waals surface area contributed by atoms with E-state index in [1.54, 1.807) is 12.4 Å². The molecule has 1 aromatic carbocycles. The molecular weight excluding hydrogens is 368 g/mol. The summed E-state index contributed by atoms with van der Waals surface area (Å²) in [5.74, 6) is 0.559. The number of rotatable bonds is 6. The average Bonchev–Trinajstić information content (AvgIpc) is 3.42. The van der Waals surface area contributed by atoms with E-state index in [0.717, 1.165) is 35.1 Å². The Morgan fingerprint density at radius 2 is 2.04 bits per heavy atom. The summed E-state index contributed by atoms with van der Waals surface area (Å²) >= 11 is 1.42. The number of aromatic nitrogens is 1. The molecule has 1 amide bonds. The molecule has 5 heteroatoms. The zero-order chi connectivity index (χ0) is 19.7. The Kier molecular flexibility index (Phi) is 5.09. The van der Waals surface area contributed by atoms with Crippen LogP contribution in [0, 0.1) is 19.8 Å². The molecule has 0 spiro atoms. The quantitative estimate of drug-likeness (QED) is 0.552. The first-order valence-corrected chi connectivity index (χ1v) is 10.3. The van der Waals surface area contributed by atoms with Crippen molar-refractivity contribution in [2.75, 3.05) is 5.32 Å². The predicted octanol–water partition coefficient (Wildman–Crippen LogP) is 5.66. The van der Waals surface area contributed by atoms with Crippen molar-refractivity contribution in [2.24, 2.45) is 5.92 Å². The molecule has 4 nitrogen and oxygen atoms in total. The van der Waals surface area contributed by atoms with Crippen molar-refractivity contribution >= 4 is 28.7 Å². The van der Waals surface area contributed by atoms with Gasteiger partial charge in [0.25, 0.3) is 5.91 Å². The second-order valence-electron chi connectivity index (χ2n) is 7.40. The van der Waals surface area contributed by atoms with Gasteiger partial charge < -0.3 is 5.32 Å². The largest absolute Gasteiger partial charge is 0.321 e. The van der Waals surface area contributed by atoms with Gasteiger partial charge in [-0.1, -0.05) is 18.2 Å². The van der Waals surface area contributed by atoms with Gasteiger partial charge in [0.15, 0.2) is 5.78 Å². The number of benzene rings is 1. The van der Waals surface area contributed by atoms with E-state index in [9.17, 15) is 9.59 Å². The van der Waals surface area contributed by atoms with Crippen LogP contribution in [0.25, 0.3) is 11.1 Å². The molecule has 4 rings (SSSR count). The van der Waals surface area contributed by atoms with E-state index >= 15 is 0 Å². The van der Waals surface area contributed by atoms with Crippen molar-refractivity contribution in [1.29, 1.82) is 0 Å². The first kappa shape index (κ1) is 18.6. The Balaban J connectivity index is 1.55. The minimum Gasteiger partial charge on any atom is -0.321 e. The number of amides is 1. The highest BCUT2D eigenvalue weighted by molar-refractivity contribution is 7.12. The van der Waals surface area contributed by atoms with E-state index < -0.39 is 0 Å². The van der Waals surface area contributed by atoms with Gasteiger partial charge in [-0.05, 0) is 66.8 Å². The summed E-state index contributed by atoms with van der Waals surface area (Å²) < 4.78 is 0. The molecule has 0 unspecified atom stereocenters. The highest BCUT2D eigenvalue weighted by atomic mass is 32.1. The van der Waals surface area contributed by atoms with Crippen LogP contribution in [0.4, 0.5) is 5.69 Å². The van der Waals surface area contributed by atoms with Gasteiger partial charge in [-0.2, -0.15) is 0 Å². The molecule has 1 fully saturated rings. The van der Waals surface area contributed by atoms with Gasteiger partial charge in [0.05, 0.1) is 4.88 Å². The molecule has 3 aromatic rings. The van der Waals surface area contributed by atoms with Crippen molar-refractivity contribution in [2.45, 2.75) is 33.1 Å². The second kappa shape index (κ2) is 7.68. The highest BCUT2D eigenvalue weighted by Gasteiger charge is 2.25. The van der Waals surface area contributed by atoms with E-state index in [-0.39, 0.29) is 11.7 Å². The monoisotopic (exact) mass is 390 g/mol. The molecule has 0 bridgehead atoms. The van der Waals surface area contributed by atoms with E-state index in [1.807, 2.05) is 49.6 Å². The zero-order valence-corrected chi connectivity index (χ0v) is 16.8. The molecule has 1 aliphatic rings. The number of hydrogen-bond acceptors (Lipinski definition) is 4. The summed E-state index contributed by atoms with van der Waals surface area (Å²) in [6, 6.07) is 9.44. The Morgan fingerprint density at radius 1 is 1.21 bits per heavy atom. The van der Waals surface area contributed by atoms with E-state index in [1.165, 1.54) is 11.3 Å². The molecule has 142 valence electrons. The van der Waals surface area contributed by atoms with Crippen LogP contribution < -0.4 is 5.32 Å². The number of carbonyl (C=O) groups excluding carboxylic acids is 2. The standard InChI is InChI=1S/C23H22N2O2S/c1-14-5-8-17(21(26)10-16-6-7-16)11-20(14)25-23(27)22-15(2)19(13-28-22)18-4-3-9-24-12-18/h3-5,8-9,11-13,16H,6-7,10H2,1-2H3,(H,25,27). The molecule has 1 aliphatic carbocycles. The summed E-state index contributed by atoms with van der Waals surface area (Å²) in [5, 5.41) is 4.99. The van der Waals surface area contributed by atoms with E-state index in [2.05, 4.69) is 10.3 Å². The number of anilines is 1. The first-order chi connectivity index (χ1) is 13.5. The van der Waals surface area contributed by atoms with Gasteiger partial charge in [-0.3, -0.25) is 14.6 Å². The molecule has 28 heavy (non-hydrogen) atoms. The lowest BCUT2D eigenvalue weighted by Gasteiger charge is -2.10. The number of aryl methyl sites for hydroxylation is 1. The molecule has 0 saturated heterocycles. The average molecular weight is 391 g/mol. The summed E-state index contributed by atoms with van der Waals surface area (Å²) in [6.45, 7) is 3.89. The predicted molar refractivity (Wildman–Crippen MR) is 113 cm³/mol. The third kappa shape index (κ3) is 3.90. The Hall–Kier alpha value is -2.79. The fourth-order valence-electron chi connectivity index (χ4n) is 3.26. The minimum atomic E-state index is -0.146. The van der Waals surface area contributed by atoms with Crippen molar-refractivity contribution in [3.8, 4) is 11.1 Å². The van der Waals surface area contributed by atoms with E-state index in [0.29, 0.717) is 28.5 Å². The van der Waals surface area contributed by atoms with Gasteiger partial charge >= 0.3 is 0 Å². The lowest BCUT2D eigenvalue weighted by Crippen LogP contribution is -2.13. The highest BCUT2D eigenvalue weighted by Crippen LogP contribution is 2.34. The van der Waals surface area contributed by atoms with Crippen LogP contribution in [-0.2, 0) is 0 Å². The van der Waals surface area contributed by atoms with Crippen LogP contribution in [0.3, 0.4) is 0 Å². The third-order valence-corrected chi connectivity index (χ3v) is 6.28. The van der Waals surface area contributed by atoms with Crippen LogP contribution in [0.1, 0.15) is 50.4 Å². The van der Waals surface area contributed by atoms with Gasteiger partial charge in [0, 0.05) is 35.6 Å². The van der Waals surface area contributed by atoms with Crippen LogP contribution in [0.2, 0.25) is 0 Å². The molecule has 2 heterocycles. The normalized spacial score (nSPS) is 13.4. The number of thiophene rings is 1. The smallest absolute Gasteiger partial charge is 0.266 e. The number of Topliss-reactive ketones (excluding diaryl/α,β-unsaturated/α-hetero) is 1. The number of nitrogens with one attached hydrogen (secondary N) is 1. The van der Waals surface area contributed by atoms with Crippen LogP contribution >= 0.6 is 11.3 Å². The van der Waals surface area contributed by atoms with Crippen molar-refractivity contribution in [1.82, 2.24) is 4.98 Å². The summed E-state index contributed by atoms with van der Waals surface area (Å²) in [6.07, 6.45) is 6.44. The van der Waals surface area contributed by atoms with Crippen LogP contribution in [0.5, 0.6) is 0 Å². The maximum absolute atomic E-state index is 12.9. The van der Waals surface area contributed by atoms with Gasteiger partial charge in [-0.15, -0.1) is 11.3 Å². The summed E-state index contributed by atoms with van der Waals surface area (Å²) in [4.78, 5) is 30.1. The summed E-state index contributed by atoms with van der Waals surface area (Å²) in [5.41, 5.74) is 5.27. The topological polar surface area (TPSA) is 59.1 Å². The van der Waals surface area contributed by atoms with Crippen LogP contribution in [0.15, 0.2) is 48.1 Å². The van der Waals surface area contributed by atoms with Gasteiger partial charge in [-0.25, -0.2) is 0 Å². The van der Waals surface area contributed by atoms with Crippen LogP contribution in [-0.4, -0.2) is 16.7 Å². The lowest BCUT2D eigenvalue weighted by molar-refractivity contribution is 0.0974. The fourth-order valence-corrected chi connectivity index (χ4v) is 4.25. The number of nitrogens with zero attached hydrogens (tertiary/aromatic N) is 1. The van der Waals surface area contributed by atoms with Gasteiger partial charge in [0.1, 0.15) is 0 Å². The molecule has 0 atom stereocenters. The maximum Gasteiger partial charge on any atom is 0.266 e. The van der Waals surface area contributed by atoms with Crippen molar-refractivity contribution in [3.63, 3.8) is 0 Å². The minimum absolute atomic E-state index is 0.146. The van der Waals surface area contributed by atoms with Gasteiger partial charge in [0.2, 0.25) is 0 Å². The third-order valence-electron chi connectivity index (χ3n) is 5.20. The molecule has 1 N–H and O–H groups in total. The second-order valence-corrected chi connectivity index (χ2v) is 8.28. The van der Waals surface area contributed by atoms with E-state index in [4.69, 9.17) is 0 Å². The number of hydrogen-bond donors (Lipinski definition) is 1. The number of ketones is 1. The number of carbonyl (C=O) groups is 2. The Morgan fingerprint density at radius 3 is 2.75 bits per heavy atom. The molecule has 2 aromatic heterocycles. The first-order valence-electron chi connectivity index (χ1n) is 9.46. The zero-order valence-electron chi connectivity index (χ0n) is 16.0. The number of pyridine rings is 1. The molecule has 1 saturated carbocycles. The van der Waals surface area contributed by atoms with Crippen molar-refractivity contribution in [3.05, 3.63) is 69.7 Å². The Bertz CT molecular complexity index is 1040. The molecular formula is C23H22N2O2S. The lowest BCUT2D eigenvalue weighted by atomic mass is 10.0. The SMILES string of the molecule is Cc1ccc(C(=O)CC2CC2)cc1NC(=O)c1scc(-c2cccnc2)c1C. The maximum atomic E-state index is 12.9.